The van der Waals surface area contributed by atoms with Gasteiger partial charge in [-0.3, -0.25) is 4.72 Å². The quantitative estimate of drug-likeness (QED) is 0.870. The van der Waals surface area contributed by atoms with Crippen LogP contribution in [0.4, 0.5) is 5.69 Å². The van der Waals surface area contributed by atoms with Gasteiger partial charge in [-0.25, -0.2) is 0 Å². The van der Waals surface area contributed by atoms with Gasteiger partial charge in [0.25, 0.3) is 0 Å². The van der Waals surface area contributed by atoms with Crippen molar-refractivity contribution in [3.05, 3.63) is 28.8 Å². The summed E-state index contributed by atoms with van der Waals surface area (Å²) in [6.45, 7) is 3.08. The number of nitrogens with zero attached hydrogens (tertiary/aromatic N) is 1. The molecule has 2 N–H and O–H groups in total. The molecule has 1 aliphatic heterocycles. The Labute approximate surface area is 131 Å². The van der Waals surface area contributed by atoms with Crippen molar-refractivity contribution in [1.29, 1.82) is 0 Å². The molecule has 21 heavy (non-hydrogen) atoms. The van der Waals surface area contributed by atoms with Gasteiger partial charge in [0.2, 0.25) is 0 Å². The lowest BCUT2D eigenvalue weighted by Gasteiger charge is -2.34. The third-order valence-corrected chi connectivity index (χ3v) is 5.57. The first-order valence-electron chi connectivity index (χ1n) is 7.14. The molecule has 1 aromatic carbocycles. The number of nitrogens with one attached hydrogen (secondary N) is 2. The van der Waals surface area contributed by atoms with Gasteiger partial charge >= 0.3 is 10.2 Å². The maximum Gasteiger partial charge on any atom is 0.301 e. The standard InChI is InChI=1S/C14H22ClN3O2S/c1-11-6-7-12(15)9-14(11)17-21(19,20)18-8-4-3-5-13(18)10-16-2/h6-7,9,13,16-17H,3-5,8,10H2,1-2H3. The molecule has 0 aromatic heterocycles. The topological polar surface area (TPSA) is 61.4 Å². The fraction of sp³-hybridized carbons (Fsp3) is 0.571. The van der Waals surface area contributed by atoms with E-state index < -0.39 is 10.2 Å². The Morgan fingerprint density at radius 1 is 1.38 bits per heavy atom. The summed E-state index contributed by atoms with van der Waals surface area (Å²) in [7, 11) is -1.72. The van der Waals surface area contributed by atoms with Gasteiger partial charge in [0.05, 0.1) is 5.69 Å². The molecule has 1 atom stereocenters. The molecule has 0 radical (unpaired) electrons. The average molecular weight is 332 g/mol. The van der Waals surface area contributed by atoms with Crippen molar-refractivity contribution >= 4 is 27.5 Å². The van der Waals surface area contributed by atoms with Crippen LogP contribution in [0.3, 0.4) is 0 Å². The minimum Gasteiger partial charge on any atom is -0.318 e. The van der Waals surface area contributed by atoms with E-state index in [4.69, 9.17) is 11.6 Å². The predicted octanol–water partition coefficient (Wildman–Crippen LogP) is 2.38. The van der Waals surface area contributed by atoms with Crippen LogP contribution < -0.4 is 10.0 Å². The van der Waals surface area contributed by atoms with Gasteiger partial charge in [0.15, 0.2) is 0 Å². The average Bonchev–Trinajstić information content (AvgIpc) is 2.43. The molecular formula is C14H22ClN3O2S. The second-order valence-electron chi connectivity index (χ2n) is 5.38. The van der Waals surface area contributed by atoms with Gasteiger partial charge in [-0.1, -0.05) is 24.1 Å². The molecule has 1 fully saturated rings. The van der Waals surface area contributed by atoms with E-state index in [1.54, 1.807) is 16.4 Å². The summed E-state index contributed by atoms with van der Waals surface area (Å²) in [5.41, 5.74) is 1.39. The maximum absolute atomic E-state index is 12.6. The van der Waals surface area contributed by atoms with Crippen molar-refractivity contribution in [2.45, 2.75) is 32.2 Å². The second-order valence-corrected chi connectivity index (χ2v) is 7.44. The maximum atomic E-state index is 12.6. The van der Waals surface area contributed by atoms with Gasteiger partial charge in [-0.15, -0.1) is 0 Å². The van der Waals surface area contributed by atoms with Gasteiger partial charge in [0, 0.05) is 24.2 Å². The fourth-order valence-electron chi connectivity index (χ4n) is 2.63. The lowest BCUT2D eigenvalue weighted by atomic mass is 10.1. The third-order valence-electron chi connectivity index (χ3n) is 3.76. The molecule has 0 spiro atoms. The zero-order valence-electron chi connectivity index (χ0n) is 12.4. The summed E-state index contributed by atoms with van der Waals surface area (Å²) in [5.74, 6) is 0. The molecule has 1 saturated heterocycles. The zero-order valence-corrected chi connectivity index (χ0v) is 14.0. The van der Waals surface area contributed by atoms with Crippen molar-refractivity contribution in [1.82, 2.24) is 9.62 Å². The largest absolute Gasteiger partial charge is 0.318 e. The number of hydrogen-bond donors (Lipinski definition) is 2. The predicted molar refractivity (Wildman–Crippen MR) is 87.0 cm³/mol. The molecule has 1 heterocycles. The van der Waals surface area contributed by atoms with Crippen LogP contribution in [-0.4, -0.2) is 38.9 Å². The molecule has 1 aromatic rings. The van der Waals surface area contributed by atoms with Crippen molar-refractivity contribution in [3.63, 3.8) is 0 Å². The number of benzene rings is 1. The number of rotatable bonds is 5. The Kier molecular flexibility index (Phi) is 5.48. The first kappa shape index (κ1) is 16.5. The molecule has 1 unspecified atom stereocenters. The summed E-state index contributed by atoms with van der Waals surface area (Å²) in [4.78, 5) is 0. The third kappa shape index (κ3) is 4.10. The van der Waals surface area contributed by atoms with E-state index in [0.717, 1.165) is 24.8 Å². The number of halogens is 1. The van der Waals surface area contributed by atoms with E-state index in [0.29, 0.717) is 23.8 Å². The van der Waals surface area contributed by atoms with Crippen LogP contribution in [0.15, 0.2) is 18.2 Å². The Morgan fingerprint density at radius 2 is 2.14 bits per heavy atom. The molecule has 0 aliphatic carbocycles. The molecule has 5 nitrogen and oxygen atoms in total. The van der Waals surface area contributed by atoms with Crippen LogP contribution in [0.25, 0.3) is 0 Å². The zero-order chi connectivity index (χ0) is 15.5. The summed E-state index contributed by atoms with van der Waals surface area (Å²) < 4.78 is 29.5. The van der Waals surface area contributed by atoms with E-state index in [1.165, 1.54) is 0 Å². The molecule has 2 rings (SSSR count). The van der Waals surface area contributed by atoms with Crippen LogP contribution in [0.5, 0.6) is 0 Å². The Morgan fingerprint density at radius 3 is 2.86 bits per heavy atom. The fourth-order valence-corrected chi connectivity index (χ4v) is 4.36. The van der Waals surface area contributed by atoms with Crippen LogP contribution in [0, 0.1) is 6.92 Å². The lowest BCUT2D eigenvalue weighted by molar-refractivity contribution is 0.250. The van der Waals surface area contributed by atoms with Gasteiger partial charge in [0.1, 0.15) is 0 Å². The van der Waals surface area contributed by atoms with E-state index in [1.807, 2.05) is 20.0 Å². The van der Waals surface area contributed by atoms with E-state index in [-0.39, 0.29) is 6.04 Å². The molecule has 118 valence electrons. The second kappa shape index (κ2) is 6.96. The van der Waals surface area contributed by atoms with Crippen LogP contribution in [0.1, 0.15) is 24.8 Å². The van der Waals surface area contributed by atoms with Gasteiger partial charge in [-0.2, -0.15) is 12.7 Å². The van der Waals surface area contributed by atoms with Crippen LogP contribution in [0.2, 0.25) is 5.02 Å². The van der Waals surface area contributed by atoms with Crippen LogP contribution >= 0.6 is 11.6 Å². The highest BCUT2D eigenvalue weighted by Crippen LogP contribution is 2.25. The monoisotopic (exact) mass is 331 g/mol. The Balaban J connectivity index is 2.22. The van der Waals surface area contributed by atoms with E-state index in [2.05, 4.69) is 10.0 Å². The Hall–Kier alpha value is -0.820. The molecule has 0 saturated carbocycles. The minimum absolute atomic E-state index is 0.000685. The SMILES string of the molecule is CNCC1CCCCN1S(=O)(=O)Nc1cc(Cl)ccc1C. The summed E-state index contributed by atoms with van der Waals surface area (Å²) in [6, 6.07) is 5.20. The van der Waals surface area contributed by atoms with Gasteiger partial charge < -0.3 is 5.32 Å². The van der Waals surface area contributed by atoms with Crippen molar-refractivity contribution < 1.29 is 8.42 Å². The number of hydrogen-bond acceptors (Lipinski definition) is 3. The Bertz CT molecular complexity index is 590. The first-order valence-corrected chi connectivity index (χ1v) is 8.96. The highest BCUT2D eigenvalue weighted by molar-refractivity contribution is 7.90. The minimum atomic E-state index is -3.56. The van der Waals surface area contributed by atoms with Crippen molar-refractivity contribution in [2.24, 2.45) is 0 Å². The molecular weight excluding hydrogens is 310 g/mol. The normalized spacial score (nSPS) is 20.4. The summed E-state index contributed by atoms with van der Waals surface area (Å²) >= 11 is 5.95. The van der Waals surface area contributed by atoms with Crippen molar-refractivity contribution in [2.75, 3.05) is 24.9 Å². The summed E-state index contributed by atoms with van der Waals surface area (Å²) in [5, 5.41) is 3.59. The summed E-state index contributed by atoms with van der Waals surface area (Å²) in [6.07, 6.45) is 2.85. The lowest BCUT2D eigenvalue weighted by Crippen LogP contribution is -2.50. The first-order chi connectivity index (χ1) is 9.94. The molecule has 0 bridgehead atoms. The highest BCUT2D eigenvalue weighted by Gasteiger charge is 2.32. The number of likely N-dealkylation sites (N-methyl/N-ethyl adjacent to an activating group) is 1. The highest BCUT2D eigenvalue weighted by atomic mass is 35.5. The number of anilines is 1. The number of piperidine rings is 1. The molecule has 7 heteroatoms. The van der Waals surface area contributed by atoms with Crippen molar-refractivity contribution in [3.8, 4) is 0 Å². The number of aryl methyl sites for hydroxylation is 1. The van der Waals surface area contributed by atoms with Gasteiger partial charge in [-0.05, 0) is 44.5 Å². The molecule has 0 amide bonds. The van der Waals surface area contributed by atoms with Crippen LogP contribution in [-0.2, 0) is 10.2 Å². The smallest absolute Gasteiger partial charge is 0.301 e. The van der Waals surface area contributed by atoms with E-state index >= 15 is 0 Å². The molecule has 1 aliphatic rings. The van der Waals surface area contributed by atoms with E-state index in [9.17, 15) is 8.42 Å².